The second-order valence-electron chi connectivity index (χ2n) is 10.2. The van der Waals surface area contributed by atoms with Crippen LogP contribution in [0.4, 0.5) is 4.79 Å². The molecule has 3 aliphatic rings. The average Bonchev–Trinajstić information content (AvgIpc) is 2.67. The van der Waals surface area contributed by atoms with Crippen LogP contribution in [-0.4, -0.2) is 42.2 Å². The lowest BCUT2D eigenvalue weighted by atomic mass is 9.58. The van der Waals surface area contributed by atoms with Crippen molar-refractivity contribution in [3.8, 4) is 0 Å². The summed E-state index contributed by atoms with van der Waals surface area (Å²) in [6, 6.07) is -0.471. The van der Waals surface area contributed by atoms with E-state index in [1.165, 1.54) is 0 Å². The molecule has 0 radical (unpaired) electrons. The van der Waals surface area contributed by atoms with E-state index in [1.807, 2.05) is 6.08 Å². The summed E-state index contributed by atoms with van der Waals surface area (Å²) < 4.78 is 10.6. The van der Waals surface area contributed by atoms with Gasteiger partial charge in [-0.3, -0.25) is 4.79 Å². The van der Waals surface area contributed by atoms with E-state index in [0.717, 1.165) is 6.42 Å². The van der Waals surface area contributed by atoms with Crippen molar-refractivity contribution in [1.29, 1.82) is 0 Å². The van der Waals surface area contributed by atoms with Crippen molar-refractivity contribution < 1.29 is 18.8 Å². The first-order chi connectivity index (χ1) is 14.7. The maximum Gasteiger partial charge on any atom is 0.407 e. The fraction of sp³-hybridized carbons (Fsp3) is 0.826. The molecule has 0 aliphatic heterocycles. The summed E-state index contributed by atoms with van der Waals surface area (Å²) in [5.74, 6) is 0.137. The lowest BCUT2D eigenvalue weighted by Crippen LogP contribution is -2.72. The third kappa shape index (κ3) is 5.51. The van der Waals surface area contributed by atoms with Crippen LogP contribution in [0.25, 0.3) is 0 Å². The third-order valence-corrected chi connectivity index (χ3v) is 13.9. The first-order valence-electron chi connectivity index (χ1n) is 11.6. The molecule has 0 aromatic heterocycles. The number of rotatable bonds is 9. The van der Waals surface area contributed by atoms with Crippen LogP contribution in [-0.2, 0) is 14.0 Å². The minimum absolute atomic E-state index is 0.0883. The van der Waals surface area contributed by atoms with Gasteiger partial charge >= 0.3 is 6.09 Å². The van der Waals surface area contributed by atoms with Crippen LogP contribution < -0.4 is 5.32 Å². The second kappa shape index (κ2) is 10.6. The predicted octanol–water partition coefficient (Wildman–Crippen LogP) is 6.96. The minimum Gasteiger partial charge on any atom is -0.445 e. The van der Waals surface area contributed by atoms with E-state index in [1.54, 1.807) is 0 Å². The fourth-order valence-corrected chi connectivity index (χ4v) is 12.0. The second-order valence-corrected chi connectivity index (χ2v) is 18.1. The van der Waals surface area contributed by atoms with E-state index < -0.39 is 29.8 Å². The third-order valence-electron chi connectivity index (χ3n) is 7.46. The minimum atomic E-state index is -2.42. The zero-order valence-electron chi connectivity index (χ0n) is 20.1. The van der Waals surface area contributed by atoms with E-state index in [-0.39, 0.29) is 24.2 Å². The van der Waals surface area contributed by atoms with Gasteiger partial charge < -0.3 is 14.5 Å². The number of fused-ring (bicyclic) bond motifs is 3. The summed E-state index contributed by atoms with van der Waals surface area (Å²) >= 11 is 17.2. The van der Waals surface area contributed by atoms with Crippen molar-refractivity contribution in [1.82, 2.24) is 5.32 Å². The molecular formula is C23H38Cl3NO4Si. The van der Waals surface area contributed by atoms with E-state index in [9.17, 15) is 9.59 Å². The number of nitrogens with one attached hydrogen (secondary N) is 1. The summed E-state index contributed by atoms with van der Waals surface area (Å²) in [6.45, 7) is 16.7. The van der Waals surface area contributed by atoms with Gasteiger partial charge in [-0.1, -0.05) is 82.4 Å². The van der Waals surface area contributed by atoms with Crippen molar-refractivity contribution in [2.75, 3.05) is 6.61 Å². The molecule has 1 amide bonds. The topological polar surface area (TPSA) is 64.6 Å². The molecule has 32 heavy (non-hydrogen) atoms. The number of ether oxygens (including phenoxy) is 1. The Hall–Kier alpha value is -0.273. The molecule has 0 heterocycles. The predicted molar refractivity (Wildman–Crippen MR) is 134 cm³/mol. The van der Waals surface area contributed by atoms with Crippen LogP contribution in [0.1, 0.15) is 67.2 Å². The fourth-order valence-electron chi connectivity index (χ4n) is 6.20. The quantitative estimate of drug-likeness (QED) is 0.200. The van der Waals surface area contributed by atoms with E-state index in [0.29, 0.717) is 35.9 Å². The number of alkyl carbamates (subject to hydrolysis) is 1. The molecule has 3 saturated carbocycles. The molecule has 1 N–H and O–H groups in total. The monoisotopic (exact) mass is 525 g/mol. The number of carbonyl (C=O) groups excluding carboxylic acids is 2. The SMILES string of the molecule is C=CCC1C(=O)C2(O[Si](C(C)C)(C(C)C)C(C)C)CCC1CC2NC(=O)OCC(Cl)(Cl)Cl. The van der Waals surface area contributed by atoms with Gasteiger partial charge in [0.15, 0.2) is 5.78 Å². The number of alkyl halides is 3. The van der Waals surface area contributed by atoms with Gasteiger partial charge in [-0.25, -0.2) is 4.79 Å². The van der Waals surface area contributed by atoms with Crippen molar-refractivity contribution in [3.05, 3.63) is 12.7 Å². The van der Waals surface area contributed by atoms with Gasteiger partial charge in [0.1, 0.15) is 12.2 Å². The Labute approximate surface area is 209 Å². The van der Waals surface area contributed by atoms with Crippen molar-refractivity contribution in [3.63, 3.8) is 0 Å². The molecule has 0 spiro atoms. The number of allylic oxidation sites excluding steroid dienone is 1. The van der Waals surface area contributed by atoms with Crippen LogP contribution in [0.15, 0.2) is 12.7 Å². The molecule has 4 atom stereocenters. The molecule has 3 fully saturated rings. The number of ketones is 1. The van der Waals surface area contributed by atoms with Crippen molar-refractivity contribution in [2.24, 2.45) is 11.8 Å². The standard InChI is InChI=1S/C23H38Cl3NO4Si/c1-8-9-18-17-10-11-22(20(18)28,31-32(14(2)3,15(4)5)16(6)7)19(12-17)27-21(29)30-13-23(24,25)26/h8,14-19H,1,9-13H2,2-7H3,(H,27,29). The summed E-state index contributed by atoms with van der Waals surface area (Å²) in [4.78, 5) is 26.5. The highest BCUT2D eigenvalue weighted by atomic mass is 35.6. The Kier molecular flexibility index (Phi) is 9.22. The first kappa shape index (κ1) is 28.0. The molecule has 3 rings (SSSR count). The maximum atomic E-state index is 13.9. The lowest BCUT2D eigenvalue weighted by Gasteiger charge is -2.58. The summed E-state index contributed by atoms with van der Waals surface area (Å²) in [7, 11) is -2.42. The molecule has 2 bridgehead atoms. The highest BCUT2D eigenvalue weighted by molar-refractivity contribution is 6.78. The van der Waals surface area contributed by atoms with Gasteiger partial charge in [0.25, 0.3) is 0 Å². The van der Waals surface area contributed by atoms with Gasteiger partial charge in [-0.2, -0.15) is 0 Å². The molecule has 0 aromatic rings. The van der Waals surface area contributed by atoms with Crippen molar-refractivity contribution in [2.45, 2.75) is 99.3 Å². The highest BCUT2D eigenvalue weighted by Gasteiger charge is 2.63. The number of Topliss-reactive ketones (excluding diaryl/α,β-unsaturated/α-hetero) is 1. The average molecular weight is 527 g/mol. The largest absolute Gasteiger partial charge is 0.445 e. The Bertz CT molecular complexity index is 688. The van der Waals surface area contributed by atoms with Crippen LogP contribution >= 0.6 is 34.8 Å². The maximum absolute atomic E-state index is 13.9. The van der Waals surface area contributed by atoms with Gasteiger partial charge in [-0.15, -0.1) is 6.58 Å². The Morgan fingerprint density at radius 2 is 1.78 bits per heavy atom. The van der Waals surface area contributed by atoms with E-state index in [2.05, 4.69) is 53.4 Å². The number of hydrogen-bond acceptors (Lipinski definition) is 4. The Morgan fingerprint density at radius 3 is 2.25 bits per heavy atom. The lowest BCUT2D eigenvalue weighted by molar-refractivity contribution is -0.161. The zero-order chi connectivity index (χ0) is 24.5. The number of hydrogen-bond donors (Lipinski definition) is 1. The molecule has 9 heteroatoms. The number of amides is 1. The summed E-state index contributed by atoms with van der Waals surface area (Å²) in [6.07, 6.45) is 3.89. The normalized spacial score (nSPS) is 28.5. The highest BCUT2D eigenvalue weighted by Crippen LogP contribution is 2.54. The summed E-state index contributed by atoms with van der Waals surface area (Å²) in [5, 5.41) is 2.91. The molecule has 3 aliphatic carbocycles. The summed E-state index contributed by atoms with van der Waals surface area (Å²) in [5.41, 5.74) is -0.149. The molecular weight excluding hydrogens is 489 g/mol. The molecule has 184 valence electrons. The van der Waals surface area contributed by atoms with Gasteiger partial charge in [0.2, 0.25) is 12.1 Å². The zero-order valence-corrected chi connectivity index (χ0v) is 23.3. The van der Waals surface area contributed by atoms with Crippen LogP contribution in [0.3, 0.4) is 0 Å². The molecule has 0 aromatic carbocycles. The van der Waals surface area contributed by atoms with Crippen LogP contribution in [0.2, 0.25) is 16.6 Å². The first-order valence-corrected chi connectivity index (χ1v) is 14.8. The van der Waals surface area contributed by atoms with Crippen molar-refractivity contribution >= 4 is 55.0 Å². The van der Waals surface area contributed by atoms with Gasteiger partial charge in [0.05, 0.1) is 6.04 Å². The van der Waals surface area contributed by atoms with E-state index >= 15 is 0 Å². The van der Waals surface area contributed by atoms with Crippen LogP contribution in [0.5, 0.6) is 0 Å². The van der Waals surface area contributed by atoms with Gasteiger partial charge in [0, 0.05) is 5.92 Å². The smallest absolute Gasteiger partial charge is 0.407 e. The number of carbonyl (C=O) groups is 2. The molecule has 0 saturated heterocycles. The molecule has 5 nitrogen and oxygen atoms in total. The Morgan fingerprint density at radius 1 is 1.22 bits per heavy atom. The van der Waals surface area contributed by atoms with Crippen LogP contribution in [0, 0.1) is 11.8 Å². The number of halogens is 3. The van der Waals surface area contributed by atoms with E-state index in [4.69, 9.17) is 44.0 Å². The Balaban J connectivity index is 2.45. The molecule has 4 unspecified atom stereocenters. The van der Waals surface area contributed by atoms with Gasteiger partial charge in [-0.05, 0) is 48.2 Å².